The van der Waals surface area contributed by atoms with Crippen molar-refractivity contribution in [2.45, 2.75) is 5.41 Å². The van der Waals surface area contributed by atoms with Crippen LogP contribution in [0, 0.1) is 0 Å². The number of aromatic nitrogens is 1. The number of fused-ring (bicyclic) bond motifs is 6. The fraction of sp³-hybridized carbons (Fsp3) is 0.0182. The van der Waals surface area contributed by atoms with Gasteiger partial charge in [-0.15, -0.1) is 0 Å². The normalized spacial score (nSPS) is 12.7. The minimum atomic E-state index is -0.505. The molecule has 0 saturated heterocycles. The van der Waals surface area contributed by atoms with Crippen LogP contribution in [-0.4, -0.2) is 4.57 Å². The van der Waals surface area contributed by atoms with Crippen molar-refractivity contribution in [2.24, 2.45) is 0 Å². The van der Waals surface area contributed by atoms with E-state index in [0.717, 1.165) is 22.7 Å². The Hall–Kier alpha value is -7.42. The largest absolute Gasteiger partial charge is 0.310 e. The van der Waals surface area contributed by atoms with Gasteiger partial charge in [0, 0.05) is 33.4 Å². The molecule has 0 fully saturated rings. The molecule has 10 aromatic rings. The standard InChI is InChI=1S/C55H38N2/c1-5-19-39(20-6-1)40-21-17-28-44(37-40)56(45-35-36-52-48(38-45)46-29-14-16-33-51(46)57(52)43-26-11-4-12-27-43)53-34-18-32-50-54(53)47-30-13-15-31-49(47)55(50,41-22-7-2-8-23-41)42-24-9-3-10-25-42/h1-38H. The van der Waals surface area contributed by atoms with Crippen molar-refractivity contribution in [2.75, 3.05) is 4.90 Å². The Morgan fingerprint density at radius 3 is 1.68 bits per heavy atom. The molecular formula is C55H38N2. The summed E-state index contributed by atoms with van der Waals surface area (Å²) in [5.41, 5.74) is 16.3. The van der Waals surface area contributed by atoms with Gasteiger partial charge in [-0.3, -0.25) is 0 Å². The highest BCUT2D eigenvalue weighted by atomic mass is 15.1. The van der Waals surface area contributed by atoms with Crippen molar-refractivity contribution < 1.29 is 0 Å². The maximum absolute atomic E-state index is 2.49. The van der Waals surface area contributed by atoms with Crippen LogP contribution >= 0.6 is 0 Å². The molecule has 0 spiro atoms. The zero-order valence-corrected chi connectivity index (χ0v) is 31.3. The smallest absolute Gasteiger partial charge is 0.0714 e. The molecule has 11 rings (SSSR count). The molecule has 0 amide bonds. The van der Waals surface area contributed by atoms with Crippen molar-refractivity contribution in [3.05, 3.63) is 253 Å². The van der Waals surface area contributed by atoms with E-state index in [1.165, 1.54) is 66.3 Å². The molecule has 0 N–H and O–H groups in total. The summed E-state index contributed by atoms with van der Waals surface area (Å²) in [5.74, 6) is 0. The SMILES string of the molecule is c1ccc(-c2cccc(N(c3ccc4c(c3)c3ccccc3n4-c3ccccc3)c3cccc4c3-c3ccccc3C4(c3ccccc3)c3ccccc3)c2)cc1. The summed E-state index contributed by atoms with van der Waals surface area (Å²) in [7, 11) is 0. The van der Waals surface area contributed by atoms with Gasteiger partial charge in [0.05, 0.1) is 22.1 Å². The minimum Gasteiger partial charge on any atom is -0.310 e. The molecule has 2 nitrogen and oxygen atoms in total. The molecule has 1 heterocycles. The summed E-state index contributed by atoms with van der Waals surface area (Å²) in [4.78, 5) is 2.49. The number of hydrogen-bond acceptors (Lipinski definition) is 1. The highest BCUT2D eigenvalue weighted by Gasteiger charge is 2.47. The average molecular weight is 727 g/mol. The molecule has 2 heteroatoms. The number of para-hydroxylation sites is 2. The monoisotopic (exact) mass is 726 g/mol. The molecule has 0 bridgehead atoms. The van der Waals surface area contributed by atoms with E-state index >= 15 is 0 Å². The van der Waals surface area contributed by atoms with Gasteiger partial charge in [-0.25, -0.2) is 0 Å². The van der Waals surface area contributed by atoms with Crippen molar-refractivity contribution in [3.8, 4) is 27.9 Å². The molecule has 0 atom stereocenters. The Kier molecular flexibility index (Phi) is 7.75. The minimum absolute atomic E-state index is 0.505. The second-order valence-corrected chi connectivity index (χ2v) is 14.9. The number of rotatable bonds is 7. The predicted octanol–water partition coefficient (Wildman–Crippen LogP) is 14.3. The Bertz CT molecular complexity index is 3020. The van der Waals surface area contributed by atoms with Gasteiger partial charge in [0.25, 0.3) is 0 Å². The zero-order chi connectivity index (χ0) is 37.8. The molecule has 1 aliphatic carbocycles. The lowest BCUT2D eigenvalue weighted by Crippen LogP contribution is -2.28. The van der Waals surface area contributed by atoms with Crippen LogP contribution in [0.1, 0.15) is 22.3 Å². The third-order valence-electron chi connectivity index (χ3n) is 11.8. The van der Waals surface area contributed by atoms with Crippen molar-refractivity contribution >= 4 is 38.9 Å². The third kappa shape index (κ3) is 5.11. The van der Waals surface area contributed by atoms with E-state index in [1.54, 1.807) is 0 Å². The quantitative estimate of drug-likeness (QED) is 0.159. The first-order chi connectivity index (χ1) is 28.3. The van der Waals surface area contributed by atoms with Crippen LogP contribution in [0.3, 0.4) is 0 Å². The summed E-state index contributed by atoms with van der Waals surface area (Å²) in [5, 5.41) is 2.44. The first-order valence-corrected chi connectivity index (χ1v) is 19.7. The Balaban J connectivity index is 1.22. The predicted molar refractivity (Wildman–Crippen MR) is 238 cm³/mol. The van der Waals surface area contributed by atoms with E-state index in [1.807, 2.05) is 0 Å². The van der Waals surface area contributed by atoms with Crippen LogP contribution in [0.2, 0.25) is 0 Å². The summed E-state index contributed by atoms with van der Waals surface area (Å²) in [6.07, 6.45) is 0. The van der Waals surface area contributed by atoms with Crippen LogP contribution in [-0.2, 0) is 5.41 Å². The third-order valence-corrected chi connectivity index (χ3v) is 11.8. The van der Waals surface area contributed by atoms with E-state index in [9.17, 15) is 0 Å². The topological polar surface area (TPSA) is 8.17 Å². The maximum Gasteiger partial charge on any atom is 0.0714 e. The highest BCUT2D eigenvalue weighted by molar-refractivity contribution is 6.11. The van der Waals surface area contributed by atoms with Crippen molar-refractivity contribution in [1.82, 2.24) is 4.57 Å². The molecule has 1 aromatic heterocycles. The van der Waals surface area contributed by atoms with Gasteiger partial charge >= 0.3 is 0 Å². The van der Waals surface area contributed by atoms with Gasteiger partial charge in [0.2, 0.25) is 0 Å². The number of nitrogens with zero attached hydrogens (tertiary/aromatic N) is 2. The summed E-state index contributed by atoms with van der Waals surface area (Å²) >= 11 is 0. The zero-order valence-electron chi connectivity index (χ0n) is 31.3. The molecule has 1 aliphatic rings. The van der Waals surface area contributed by atoms with Crippen molar-refractivity contribution in [3.63, 3.8) is 0 Å². The average Bonchev–Trinajstić information content (AvgIpc) is 3.79. The summed E-state index contributed by atoms with van der Waals surface area (Å²) in [6, 6.07) is 84.3. The molecule has 9 aromatic carbocycles. The molecule has 268 valence electrons. The number of hydrogen-bond donors (Lipinski definition) is 0. The Morgan fingerprint density at radius 2 is 0.930 bits per heavy atom. The van der Waals surface area contributed by atoms with Gasteiger partial charge in [-0.05, 0) is 93.5 Å². The first-order valence-electron chi connectivity index (χ1n) is 19.7. The fourth-order valence-corrected chi connectivity index (χ4v) is 9.50. The van der Waals surface area contributed by atoms with E-state index in [0.29, 0.717) is 0 Å². The molecule has 0 saturated carbocycles. The summed E-state index contributed by atoms with van der Waals surface area (Å²) in [6.45, 7) is 0. The van der Waals surface area contributed by atoms with Gasteiger partial charge in [-0.2, -0.15) is 0 Å². The van der Waals surface area contributed by atoms with Gasteiger partial charge < -0.3 is 9.47 Å². The van der Waals surface area contributed by atoms with E-state index in [4.69, 9.17) is 0 Å². The van der Waals surface area contributed by atoms with Crippen LogP contribution in [0.15, 0.2) is 231 Å². The van der Waals surface area contributed by atoms with Crippen LogP contribution in [0.4, 0.5) is 17.1 Å². The highest BCUT2D eigenvalue weighted by Crippen LogP contribution is 2.59. The molecule has 0 unspecified atom stereocenters. The van der Waals surface area contributed by atoms with Gasteiger partial charge in [0.15, 0.2) is 0 Å². The Labute approximate surface area is 333 Å². The van der Waals surface area contributed by atoms with Crippen LogP contribution in [0.25, 0.3) is 49.7 Å². The fourth-order valence-electron chi connectivity index (χ4n) is 9.50. The lowest BCUT2D eigenvalue weighted by molar-refractivity contribution is 0.768. The van der Waals surface area contributed by atoms with Crippen LogP contribution in [0.5, 0.6) is 0 Å². The second kappa shape index (κ2) is 13.4. The van der Waals surface area contributed by atoms with E-state index in [-0.39, 0.29) is 0 Å². The molecule has 0 aliphatic heterocycles. The van der Waals surface area contributed by atoms with Gasteiger partial charge in [0.1, 0.15) is 0 Å². The molecule has 0 radical (unpaired) electrons. The lowest BCUT2D eigenvalue weighted by Gasteiger charge is -2.34. The maximum atomic E-state index is 2.49. The Morgan fingerprint density at radius 1 is 0.368 bits per heavy atom. The summed E-state index contributed by atoms with van der Waals surface area (Å²) < 4.78 is 2.39. The van der Waals surface area contributed by atoms with Gasteiger partial charge in [-0.1, -0.05) is 176 Å². The number of anilines is 3. The van der Waals surface area contributed by atoms with E-state index in [2.05, 4.69) is 240 Å². The number of benzene rings is 9. The van der Waals surface area contributed by atoms with Crippen molar-refractivity contribution in [1.29, 1.82) is 0 Å². The molecular weight excluding hydrogens is 689 g/mol. The molecule has 57 heavy (non-hydrogen) atoms. The van der Waals surface area contributed by atoms with Crippen LogP contribution < -0.4 is 4.90 Å². The lowest BCUT2D eigenvalue weighted by atomic mass is 9.68. The van der Waals surface area contributed by atoms with E-state index < -0.39 is 5.41 Å². The second-order valence-electron chi connectivity index (χ2n) is 14.9. The first kappa shape index (κ1) is 33.0.